The van der Waals surface area contributed by atoms with E-state index in [0.29, 0.717) is 24.2 Å². The van der Waals surface area contributed by atoms with Crippen LogP contribution in [-0.2, 0) is 4.79 Å². The maximum absolute atomic E-state index is 14.1. The van der Waals surface area contributed by atoms with E-state index in [1.165, 1.54) is 4.90 Å². The lowest BCUT2D eigenvalue weighted by Gasteiger charge is -2.47. The largest absolute Gasteiger partial charge is 0.480 e. The molecule has 2 heterocycles. The first-order valence-corrected chi connectivity index (χ1v) is 12.9. The summed E-state index contributed by atoms with van der Waals surface area (Å²) in [6, 6.07) is 25.3. The van der Waals surface area contributed by atoms with E-state index >= 15 is 0 Å². The fourth-order valence-electron chi connectivity index (χ4n) is 5.70. The van der Waals surface area contributed by atoms with Crippen LogP contribution in [0.4, 0.5) is 21.0 Å². The minimum absolute atomic E-state index is 0.155. The van der Waals surface area contributed by atoms with Crippen molar-refractivity contribution in [2.75, 3.05) is 18.5 Å². The molecule has 0 saturated carbocycles. The maximum Gasteiger partial charge on any atom is 0.329 e. The molecule has 38 heavy (non-hydrogen) atoms. The number of urea groups is 2. The molecule has 3 aromatic rings. The van der Waals surface area contributed by atoms with Gasteiger partial charge < -0.3 is 19.8 Å². The molecule has 2 aliphatic heterocycles. The van der Waals surface area contributed by atoms with E-state index in [0.717, 1.165) is 5.56 Å². The quantitative estimate of drug-likeness (QED) is 0.499. The first-order chi connectivity index (χ1) is 18.4. The number of carboxylic acid groups (broad SMARTS) is 1. The number of hydrogen-bond acceptors (Lipinski definition) is 3. The maximum atomic E-state index is 14.1. The van der Waals surface area contributed by atoms with Gasteiger partial charge in [-0.3, -0.25) is 4.90 Å². The molecule has 196 valence electrons. The van der Waals surface area contributed by atoms with E-state index in [1.807, 2.05) is 97.9 Å². The van der Waals surface area contributed by atoms with Crippen molar-refractivity contribution in [1.82, 2.24) is 14.7 Å². The van der Waals surface area contributed by atoms with Crippen molar-refractivity contribution in [2.24, 2.45) is 0 Å². The van der Waals surface area contributed by atoms with E-state index in [4.69, 9.17) is 0 Å². The Morgan fingerprint density at radius 3 is 1.87 bits per heavy atom. The zero-order valence-electron chi connectivity index (χ0n) is 21.6. The zero-order valence-corrected chi connectivity index (χ0v) is 21.6. The second-order valence-corrected chi connectivity index (χ2v) is 9.91. The predicted octanol–water partition coefficient (Wildman–Crippen LogP) is 5.36. The standard InChI is InChI=1S/C30H32N4O4/c1-21(22-12-6-3-7-13-22)31(2)29(37)34-25-18-19-26(34)27(28(35)36)32(20-25)30(38)33(23-14-8-4-9-15-23)24-16-10-5-11-17-24/h3-17,21,25-27H,18-20H2,1-2H3,(H,35,36)/t21-,25-,26+,27-/m0/s1. The van der Waals surface area contributed by atoms with Crippen molar-refractivity contribution >= 4 is 29.4 Å². The molecule has 1 N–H and O–H groups in total. The summed E-state index contributed by atoms with van der Waals surface area (Å²) in [5.41, 5.74) is 2.30. The SMILES string of the molecule is C[C@@H](c1ccccc1)N(C)C(=O)N1[C@H]2CC[C@@H]1[C@@H](C(=O)O)N(C(=O)N(c1ccccc1)c1ccccc1)C2. The molecule has 0 radical (unpaired) electrons. The van der Waals surface area contributed by atoms with Crippen LogP contribution in [-0.4, -0.2) is 69.6 Å². The molecule has 2 bridgehead atoms. The van der Waals surface area contributed by atoms with Crippen molar-refractivity contribution in [3.05, 3.63) is 96.6 Å². The lowest BCUT2D eigenvalue weighted by molar-refractivity contribution is -0.145. The van der Waals surface area contributed by atoms with Gasteiger partial charge in [0, 0.05) is 13.6 Å². The number of rotatable bonds is 5. The zero-order chi connectivity index (χ0) is 26.8. The lowest BCUT2D eigenvalue weighted by Crippen LogP contribution is -2.67. The van der Waals surface area contributed by atoms with Crippen LogP contribution in [0.5, 0.6) is 0 Å². The van der Waals surface area contributed by atoms with Crippen LogP contribution in [0, 0.1) is 0 Å². The fraction of sp³-hybridized carbons (Fsp3) is 0.300. The van der Waals surface area contributed by atoms with E-state index < -0.39 is 24.1 Å². The van der Waals surface area contributed by atoms with Crippen molar-refractivity contribution in [2.45, 2.75) is 43.9 Å². The third-order valence-corrected chi connectivity index (χ3v) is 7.76. The van der Waals surface area contributed by atoms with Gasteiger partial charge in [-0.2, -0.15) is 0 Å². The molecular weight excluding hydrogens is 480 g/mol. The number of piperazine rings is 1. The number of fused-ring (bicyclic) bond motifs is 2. The molecular formula is C30H32N4O4. The average molecular weight is 513 g/mol. The van der Waals surface area contributed by atoms with E-state index in [-0.39, 0.29) is 24.7 Å². The van der Waals surface area contributed by atoms with Gasteiger partial charge in [-0.25, -0.2) is 14.4 Å². The van der Waals surface area contributed by atoms with Crippen LogP contribution in [0.25, 0.3) is 0 Å². The molecule has 4 amide bonds. The molecule has 5 rings (SSSR count). The Morgan fingerprint density at radius 1 is 0.816 bits per heavy atom. The minimum Gasteiger partial charge on any atom is -0.480 e. The molecule has 4 atom stereocenters. The summed E-state index contributed by atoms with van der Waals surface area (Å²) >= 11 is 0. The number of carbonyl (C=O) groups excluding carboxylic acids is 2. The molecule has 3 aromatic carbocycles. The van der Waals surface area contributed by atoms with Crippen molar-refractivity contribution in [3.63, 3.8) is 0 Å². The van der Waals surface area contributed by atoms with Gasteiger partial charge in [-0.1, -0.05) is 66.7 Å². The third kappa shape index (κ3) is 4.58. The summed E-state index contributed by atoms with van der Waals surface area (Å²) in [5, 5.41) is 10.4. The van der Waals surface area contributed by atoms with Gasteiger partial charge in [0.25, 0.3) is 0 Å². The molecule has 2 saturated heterocycles. The summed E-state index contributed by atoms with van der Waals surface area (Å²) in [6.07, 6.45) is 1.18. The Labute approximate surface area is 222 Å². The van der Waals surface area contributed by atoms with Gasteiger partial charge in [0.05, 0.1) is 29.5 Å². The second kappa shape index (κ2) is 10.6. The molecule has 0 aliphatic carbocycles. The highest BCUT2D eigenvalue weighted by Crippen LogP contribution is 2.38. The number of hydrogen-bond donors (Lipinski definition) is 1. The van der Waals surface area contributed by atoms with E-state index in [9.17, 15) is 19.5 Å². The Bertz CT molecular complexity index is 1250. The van der Waals surface area contributed by atoms with E-state index in [1.54, 1.807) is 21.7 Å². The van der Waals surface area contributed by atoms with Crippen LogP contribution in [0.3, 0.4) is 0 Å². The highest BCUT2D eigenvalue weighted by atomic mass is 16.4. The molecule has 8 nitrogen and oxygen atoms in total. The molecule has 2 fully saturated rings. The summed E-state index contributed by atoms with van der Waals surface area (Å²) in [4.78, 5) is 46.9. The summed E-state index contributed by atoms with van der Waals surface area (Å²) in [5.74, 6) is -1.11. The number of aliphatic carboxylic acids is 1. The van der Waals surface area contributed by atoms with Crippen LogP contribution >= 0.6 is 0 Å². The number of anilines is 2. The minimum atomic E-state index is -1.15. The third-order valence-electron chi connectivity index (χ3n) is 7.76. The molecule has 2 aliphatic rings. The van der Waals surface area contributed by atoms with Gasteiger partial charge in [0.15, 0.2) is 6.04 Å². The van der Waals surface area contributed by atoms with Crippen molar-refractivity contribution in [3.8, 4) is 0 Å². The molecule has 8 heteroatoms. The Balaban J connectivity index is 1.45. The highest BCUT2D eigenvalue weighted by Gasteiger charge is 2.54. The summed E-state index contributed by atoms with van der Waals surface area (Å²) in [6.45, 7) is 2.11. The van der Waals surface area contributed by atoms with Crippen LogP contribution in [0.1, 0.15) is 31.4 Å². The first kappa shape index (κ1) is 25.3. The summed E-state index contributed by atoms with van der Waals surface area (Å²) in [7, 11) is 1.75. The number of likely N-dealkylation sites (tertiary alicyclic amines) is 1. The fourth-order valence-corrected chi connectivity index (χ4v) is 5.70. The van der Waals surface area contributed by atoms with Gasteiger partial charge in [0.2, 0.25) is 0 Å². The van der Waals surface area contributed by atoms with Crippen LogP contribution in [0.15, 0.2) is 91.0 Å². The predicted molar refractivity (Wildman–Crippen MR) is 145 cm³/mol. The Hall–Kier alpha value is -4.33. The van der Waals surface area contributed by atoms with Crippen molar-refractivity contribution < 1.29 is 19.5 Å². The highest BCUT2D eigenvalue weighted by molar-refractivity contribution is 6.01. The first-order valence-electron chi connectivity index (χ1n) is 12.9. The number of carbonyl (C=O) groups is 3. The molecule has 0 aromatic heterocycles. The normalized spacial score (nSPS) is 21.1. The topological polar surface area (TPSA) is 84.4 Å². The smallest absolute Gasteiger partial charge is 0.329 e. The second-order valence-electron chi connectivity index (χ2n) is 9.91. The van der Waals surface area contributed by atoms with Crippen molar-refractivity contribution in [1.29, 1.82) is 0 Å². The van der Waals surface area contributed by atoms with Gasteiger partial charge in [-0.15, -0.1) is 0 Å². The molecule has 0 spiro atoms. The molecule has 0 unspecified atom stereocenters. The Kier molecular flexibility index (Phi) is 7.05. The average Bonchev–Trinajstić information content (AvgIpc) is 3.25. The number of carboxylic acids is 1. The van der Waals surface area contributed by atoms with Crippen LogP contribution < -0.4 is 4.90 Å². The summed E-state index contributed by atoms with van der Waals surface area (Å²) < 4.78 is 0. The number of benzene rings is 3. The number of amides is 4. The van der Waals surface area contributed by atoms with E-state index in [2.05, 4.69) is 0 Å². The van der Waals surface area contributed by atoms with Gasteiger partial charge in [0.1, 0.15) is 0 Å². The number of nitrogens with zero attached hydrogens (tertiary/aromatic N) is 4. The van der Waals surface area contributed by atoms with Gasteiger partial charge >= 0.3 is 18.0 Å². The monoisotopic (exact) mass is 512 g/mol. The lowest BCUT2D eigenvalue weighted by atomic mass is 10.0. The number of para-hydroxylation sites is 2. The Morgan fingerprint density at radius 2 is 1.34 bits per heavy atom. The van der Waals surface area contributed by atoms with Gasteiger partial charge in [-0.05, 0) is 49.6 Å². The van der Waals surface area contributed by atoms with Crippen LogP contribution in [0.2, 0.25) is 0 Å².